The first-order chi connectivity index (χ1) is 12.2. The molecule has 0 bridgehead atoms. The van der Waals surface area contributed by atoms with Crippen molar-refractivity contribution in [3.05, 3.63) is 65.5 Å². The van der Waals surface area contributed by atoms with Gasteiger partial charge in [0.25, 0.3) is 5.91 Å². The largest absolute Gasteiger partial charge is 0.335 e. The normalized spacial score (nSPS) is 22.7. The molecule has 1 fully saturated rings. The van der Waals surface area contributed by atoms with Crippen molar-refractivity contribution in [3.63, 3.8) is 0 Å². The Morgan fingerprint density at radius 3 is 2.56 bits per heavy atom. The number of nitrogens with one attached hydrogen (secondary N) is 3. The minimum Gasteiger partial charge on any atom is -0.335 e. The zero-order chi connectivity index (χ0) is 17.6. The molecule has 0 saturated carbocycles. The molecule has 1 saturated heterocycles. The predicted molar refractivity (Wildman–Crippen MR) is 102 cm³/mol. The smallest absolute Gasteiger partial charge is 0.252 e. The molecule has 1 aromatic heterocycles. The fourth-order valence-electron chi connectivity index (χ4n) is 2.96. The molecule has 1 aliphatic heterocycles. The molecule has 3 rings (SSSR count). The Morgan fingerprint density at radius 1 is 1.16 bits per heavy atom. The van der Waals surface area contributed by atoms with Gasteiger partial charge in [-0.1, -0.05) is 26.0 Å². The lowest BCUT2D eigenvalue weighted by Crippen LogP contribution is -2.46. The van der Waals surface area contributed by atoms with E-state index < -0.39 is 0 Å². The summed E-state index contributed by atoms with van der Waals surface area (Å²) in [5.41, 5.74) is 9.54. The number of benzene rings is 1. The Kier molecular flexibility index (Phi) is 6.07. The summed E-state index contributed by atoms with van der Waals surface area (Å²) in [4.78, 5) is 16.6. The summed E-state index contributed by atoms with van der Waals surface area (Å²) < 4.78 is 0. The maximum atomic E-state index is 12.5. The van der Waals surface area contributed by atoms with Crippen LogP contribution in [0, 0.1) is 5.92 Å². The maximum Gasteiger partial charge on any atom is 0.252 e. The zero-order valence-electron chi connectivity index (χ0n) is 14.5. The van der Waals surface area contributed by atoms with Gasteiger partial charge in [0.2, 0.25) is 0 Å². The van der Waals surface area contributed by atoms with Crippen molar-refractivity contribution in [2.24, 2.45) is 5.92 Å². The van der Waals surface area contributed by atoms with Gasteiger partial charge in [0.15, 0.2) is 0 Å². The maximum absolute atomic E-state index is 12.5. The average molecular weight is 356 g/mol. The molecule has 6 heteroatoms. The van der Waals surface area contributed by atoms with Crippen molar-refractivity contribution in [3.8, 4) is 0 Å². The van der Waals surface area contributed by atoms with E-state index in [-0.39, 0.29) is 24.0 Å². The third-order valence-corrected chi connectivity index (χ3v) is 5.43. The van der Waals surface area contributed by atoms with Crippen molar-refractivity contribution in [2.75, 3.05) is 5.75 Å². The van der Waals surface area contributed by atoms with Gasteiger partial charge in [-0.25, -0.2) is 10.9 Å². The molecule has 0 radical (unpaired) electrons. The van der Waals surface area contributed by atoms with Crippen LogP contribution in [0.1, 0.15) is 41.4 Å². The molecular weight excluding hydrogens is 332 g/mol. The predicted octanol–water partition coefficient (Wildman–Crippen LogP) is 2.88. The van der Waals surface area contributed by atoms with E-state index in [1.54, 1.807) is 12.4 Å². The first kappa shape index (κ1) is 17.9. The van der Waals surface area contributed by atoms with Crippen LogP contribution >= 0.6 is 11.8 Å². The van der Waals surface area contributed by atoms with Crippen LogP contribution in [0.2, 0.25) is 0 Å². The minimum atomic E-state index is -0.124. The molecule has 3 atom stereocenters. The lowest BCUT2D eigenvalue weighted by molar-refractivity contribution is 0.0922. The van der Waals surface area contributed by atoms with Crippen molar-refractivity contribution in [1.82, 2.24) is 21.2 Å². The number of hydrogen-bond acceptors (Lipinski definition) is 5. The van der Waals surface area contributed by atoms with E-state index in [0.29, 0.717) is 5.56 Å². The third kappa shape index (κ3) is 4.39. The Balaban J connectivity index is 1.59. The van der Waals surface area contributed by atoms with E-state index in [1.165, 1.54) is 5.56 Å². The molecule has 132 valence electrons. The molecule has 0 spiro atoms. The van der Waals surface area contributed by atoms with Crippen molar-refractivity contribution in [2.45, 2.75) is 31.8 Å². The summed E-state index contributed by atoms with van der Waals surface area (Å²) in [5, 5.41) is 3.07. The highest BCUT2D eigenvalue weighted by Gasteiger charge is 2.34. The van der Waals surface area contributed by atoms with Crippen LogP contribution in [-0.4, -0.2) is 22.8 Å². The zero-order valence-corrected chi connectivity index (χ0v) is 15.3. The number of rotatable bonds is 6. The fraction of sp³-hybridized carbons (Fsp3) is 0.368. The number of hydrogen-bond donors (Lipinski definition) is 3. The Labute approximate surface area is 153 Å². The molecular formula is C19H24N4OS. The van der Waals surface area contributed by atoms with Crippen LogP contribution in [0.5, 0.6) is 0 Å². The number of pyridine rings is 1. The molecule has 0 aliphatic carbocycles. The van der Waals surface area contributed by atoms with E-state index in [0.717, 1.165) is 17.1 Å². The first-order valence-corrected chi connectivity index (χ1v) is 9.73. The number of nitrogens with zero attached hydrogens (tertiary/aromatic N) is 1. The summed E-state index contributed by atoms with van der Waals surface area (Å²) in [6.07, 6.45) is 3.45. The average Bonchev–Trinajstić information content (AvgIpc) is 3.01. The van der Waals surface area contributed by atoms with Crippen molar-refractivity contribution >= 4 is 17.7 Å². The molecule has 1 aliphatic rings. The summed E-state index contributed by atoms with van der Waals surface area (Å²) in [6, 6.07) is 12.0. The van der Waals surface area contributed by atoms with Gasteiger partial charge < -0.3 is 5.32 Å². The lowest BCUT2D eigenvalue weighted by Gasteiger charge is -2.20. The second kappa shape index (κ2) is 8.47. The van der Waals surface area contributed by atoms with Crippen LogP contribution < -0.4 is 16.2 Å². The number of aromatic nitrogens is 1. The first-order valence-electron chi connectivity index (χ1n) is 8.57. The topological polar surface area (TPSA) is 66.1 Å². The van der Waals surface area contributed by atoms with Crippen molar-refractivity contribution in [1.29, 1.82) is 0 Å². The van der Waals surface area contributed by atoms with E-state index >= 15 is 0 Å². The monoisotopic (exact) mass is 356 g/mol. The summed E-state index contributed by atoms with van der Waals surface area (Å²) >= 11 is 1.88. The van der Waals surface area contributed by atoms with Crippen molar-refractivity contribution < 1.29 is 4.79 Å². The third-order valence-electron chi connectivity index (χ3n) is 4.49. The fourth-order valence-corrected chi connectivity index (χ4v) is 3.59. The van der Waals surface area contributed by atoms with Crippen LogP contribution in [0.25, 0.3) is 0 Å². The van der Waals surface area contributed by atoms with Crippen LogP contribution in [0.4, 0.5) is 0 Å². The van der Waals surface area contributed by atoms with Gasteiger partial charge in [0, 0.05) is 29.6 Å². The van der Waals surface area contributed by atoms with E-state index in [2.05, 4.69) is 35.0 Å². The minimum absolute atomic E-state index is 0.0591. The highest BCUT2D eigenvalue weighted by atomic mass is 32.2. The summed E-state index contributed by atoms with van der Waals surface area (Å²) in [7, 11) is 0. The quantitative estimate of drug-likeness (QED) is 0.743. The second-order valence-corrected chi connectivity index (χ2v) is 7.47. The molecule has 3 unspecified atom stereocenters. The number of carbonyl (C=O) groups is 1. The van der Waals surface area contributed by atoms with Crippen LogP contribution in [0.3, 0.4) is 0 Å². The van der Waals surface area contributed by atoms with E-state index in [1.807, 2.05) is 48.2 Å². The standard InChI is InChI=1S/C19H24N4OS/c1-3-25-12-14-4-6-16(7-5-14)19(24)21-18-13(2)17(22-23-18)15-8-10-20-11-9-15/h4-11,13,17-18,22-23H,3,12H2,1-2H3,(H,21,24). The van der Waals surface area contributed by atoms with Gasteiger partial charge in [-0.3, -0.25) is 9.78 Å². The van der Waals surface area contributed by atoms with Crippen LogP contribution in [-0.2, 0) is 5.75 Å². The number of amides is 1. The second-order valence-electron chi connectivity index (χ2n) is 6.19. The Morgan fingerprint density at radius 2 is 1.88 bits per heavy atom. The van der Waals surface area contributed by atoms with E-state index in [4.69, 9.17) is 0 Å². The Bertz CT molecular complexity index is 692. The molecule has 2 heterocycles. The number of hydrazine groups is 1. The van der Waals surface area contributed by atoms with Crippen LogP contribution in [0.15, 0.2) is 48.8 Å². The molecule has 5 nitrogen and oxygen atoms in total. The summed E-state index contributed by atoms with van der Waals surface area (Å²) in [6.45, 7) is 4.27. The molecule has 2 aromatic rings. The highest BCUT2D eigenvalue weighted by Crippen LogP contribution is 2.27. The molecule has 1 aromatic carbocycles. The SMILES string of the molecule is CCSCc1ccc(C(=O)NC2NNC(c3ccncc3)C2C)cc1. The highest BCUT2D eigenvalue weighted by molar-refractivity contribution is 7.98. The van der Waals surface area contributed by atoms with Gasteiger partial charge in [-0.15, -0.1) is 0 Å². The van der Waals surface area contributed by atoms with Gasteiger partial charge >= 0.3 is 0 Å². The molecule has 1 amide bonds. The lowest BCUT2D eigenvalue weighted by atomic mass is 9.95. The van der Waals surface area contributed by atoms with Gasteiger partial charge in [-0.05, 0) is 41.1 Å². The van der Waals surface area contributed by atoms with E-state index in [9.17, 15) is 4.79 Å². The number of carbonyl (C=O) groups excluding carboxylic acids is 1. The van der Waals surface area contributed by atoms with Gasteiger partial charge in [0.05, 0.1) is 12.2 Å². The molecule has 3 N–H and O–H groups in total. The Hall–Kier alpha value is -1.89. The summed E-state index contributed by atoms with van der Waals surface area (Å²) in [5.74, 6) is 2.23. The molecule has 25 heavy (non-hydrogen) atoms. The number of thioether (sulfide) groups is 1. The van der Waals surface area contributed by atoms with Gasteiger partial charge in [-0.2, -0.15) is 11.8 Å². The van der Waals surface area contributed by atoms with Gasteiger partial charge in [0.1, 0.15) is 0 Å².